The van der Waals surface area contributed by atoms with Gasteiger partial charge in [0.1, 0.15) is 19.5 Å². The van der Waals surface area contributed by atoms with E-state index in [-0.39, 0.29) is 0 Å². The third-order valence-corrected chi connectivity index (χ3v) is 5.57. The van der Waals surface area contributed by atoms with Crippen LogP contribution in [-0.4, -0.2) is 9.97 Å². The number of ether oxygens (including phenoxy) is 2. The molecule has 0 amide bonds. The molecule has 5 heteroatoms. The molecule has 4 aromatic rings. The summed E-state index contributed by atoms with van der Waals surface area (Å²) in [6.07, 6.45) is 3.17. The Hall–Kier alpha value is -2.93. The highest BCUT2D eigenvalue weighted by Crippen LogP contribution is 2.30. The van der Waals surface area contributed by atoms with Gasteiger partial charge in [-0.25, -0.2) is 4.98 Å². The molecule has 0 fully saturated rings. The first-order valence-corrected chi connectivity index (χ1v) is 11.3. The zero-order valence-corrected chi connectivity index (χ0v) is 19.2. The van der Waals surface area contributed by atoms with Crippen LogP contribution in [0.25, 0.3) is 0 Å². The minimum absolute atomic E-state index is 0.427. The van der Waals surface area contributed by atoms with Gasteiger partial charge in [-0.15, -0.1) is 0 Å². The van der Waals surface area contributed by atoms with Crippen molar-refractivity contribution in [2.45, 2.75) is 26.1 Å². The fourth-order valence-corrected chi connectivity index (χ4v) is 3.55. The van der Waals surface area contributed by atoms with Crippen LogP contribution in [0.5, 0.6) is 11.6 Å². The second-order valence-electron chi connectivity index (χ2n) is 7.13. The summed E-state index contributed by atoms with van der Waals surface area (Å²) in [7, 11) is 0. The van der Waals surface area contributed by atoms with E-state index in [1.165, 1.54) is 9.13 Å². The van der Waals surface area contributed by atoms with Crippen LogP contribution in [0, 0.1) is 3.57 Å². The van der Waals surface area contributed by atoms with Gasteiger partial charge in [0.25, 0.3) is 5.88 Å². The molecule has 1 heterocycles. The van der Waals surface area contributed by atoms with Crippen LogP contribution in [0.3, 0.4) is 0 Å². The predicted molar refractivity (Wildman–Crippen MR) is 130 cm³/mol. The lowest BCUT2D eigenvalue weighted by Crippen LogP contribution is -2.07. The number of halogens is 1. The third kappa shape index (κ3) is 6.28. The molecule has 4 rings (SSSR count). The maximum atomic E-state index is 6.20. The van der Waals surface area contributed by atoms with Crippen LogP contribution in [0.15, 0.2) is 91.3 Å². The molecule has 0 atom stereocenters. The van der Waals surface area contributed by atoms with Gasteiger partial charge in [-0.05, 0) is 64.3 Å². The lowest BCUT2D eigenvalue weighted by atomic mass is 10.1. The van der Waals surface area contributed by atoms with Crippen LogP contribution in [-0.2, 0) is 26.1 Å². The van der Waals surface area contributed by atoms with Crippen LogP contribution in [0.4, 0.5) is 0 Å². The largest absolute Gasteiger partial charge is 0.482 e. The first-order valence-electron chi connectivity index (χ1n) is 10.2. The molecule has 0 radical (unpaired) electrons. The summed E-state index contributed by atoms with van der Waals surface area (Å²) in [4.78, 5) is 8.90. The fraction of sp³-hybridized carbons (Fsp3) is 0.154. The number of hydrogen-bond acceptors (Lipinski definition) is 4. The summed E-state index contributed by atoms with van der Waals surface area (Å²) in [5, 5.41) is 0. The first kappa shape index (κ1) is 21.3. The van der Waals surface area contributed by atoms with Crippen molar-refractivity contribution >= 4 is 22.6 Å². The molecule has 0 aliphatic rings. The first-order chi connectivity index (χ1) is 15.3. The molecular formula is C26H23IN2O2. The van der Waals surface area contributed by atoms with Gasteiger partial charge in [-0.1, -0.05) is 72.8 Å². The van der Waals surface area contributed by atoms with E-state index in [1.807, 2.05) is 60.7 Å². The van der Waals surface area contributed by atoms with Gasteiger partial charge in [0.2, 0.25) is 5.75 Å². The van der Waals surface area contributed by atoms with E-state index >= 15 is 0 Å². The molecule has 156 valence electrons. The molecule has 0 aliphatic carbocycles. The summed E-state index contributed by atoms with van der Waals surface area (Å²) in [5.41, 5.74) is 4.28. The normalized spacial score (nSPS) is 10.6. The van der Waals surface area contributed by atoms with Crippen LogP contribution in [0.1, 0.15) is 22.4 Å². The van der Waals surface area contributed by atoms with E-state index in [2.05, 4.69) is 56.8 Å². The Morgan fingerprint density at radius 2 is 1.23 bits per heavy atom. The van der Waals surface area contributed by atoms with E-state index in [0.29, 0.717) is 24.8 Å². The fourth-order valence-electron chi connectivity index (χ4n) is 3.19. The Labute approximate surface area is 196 Å². The maximum absolute atomic E-state index is 6.20. The average molecular weight is 522 g/mol. The number of aryl methyl sites for hydroxylation is 2. The quantitative estimate of drug-likeness (QED) is 0.252. The maximum Gasteiger partial charge on any atom is 0.260 e. The highest BCUT2D eigenvalue weighted by atomic mass is 127. The van der Waals surface area contributed by atoms with Crippen molar-refractivity contribution in [3.8, 4) is 11.6 Å². The standard InChI is InChI=1S/C26H23IN2O2/c27-23-14-11-20(12-15-23)13-16-24-25(30-17-21-7-3-1-4-8-21)26(29-19-28-24)31-18-22-9-5-2-6-10-22/h1-12,14-15,19H,13,16-18H2. The molecule has 0 spiro atoms. The molecule has 3 aromatic carbocycles. The summed E-state index contributed by atoms with van der Waals surface area (Å²) in [6, 6.07) is 28.7. The molecule has 1 aromatic heterocycles. The zero-order valence-electron chi connectivity index (χ0n) is 17.1. The van der Waals surface area contributed by atoms with E-state index < -0.39 is 0 Å². The predicted octanol–water partition coefficient (Wildman–Crippen LogP) is 6.02. The highest BCUT2D eigenvalue weighted by Gasteiger charge is 2.15. The molecule has 0 saturated carbocycles. The molecule has 0 N–H and O–H groups in total. The van der Waals surface area contributed by atoms with E-state index in [0.717, 1.165) is 29.7 Å². The minimum atomic E-state index is 0.427. The van der Waals surface area contributed by atoms with E-state index in [9.17, 15) is 0 Å². The van der Waals surface area contributed by atoms with Crippen molar-refractivity contribution < 1.29 is 9.47 Å². The summed E-state index contributed by atoms with van der Waals surface area (Å²) in [6.45, 7) is 0.864. The zero-order chi connectivity index (χ0) is 21.3. The van der Waals surface area contributed by atoms with Crippen LogP contribution >= 0.6 is 22.6 Å². The molecule has 0 unspecified atom stereocenters. The average Bonchev–Trinajstić information content (AvgIpc) is 2.83. The van der Waals surface area contributed by atoms with Gasteiger partial charge >= 0.3 is 0 Å². The van der Waals surface area contributed by atoms with Crippen LogP contribution < -0.4 is 9.47 Å². The number of hydrogen-bond donors (Lipinski definition) is 0. The van der Waals surface area contributed by atoms with Crippen molar-refractivity contribution in [1.82, 2.24) is 9.97 Å². The second kappa shape index (κ2) is 10.9. The Morgan fingerprint density at radius 1 is 0.613 bits per heavy atom. The Bertz CT molecular complexity index is 1090. The van der Waals surface area contributed by atoms with Gasteiger partial charge in [-0.2, -0.15) is 4.98 Å². The monoisotopic (exact) mass is 522 g/mol. The Balaban J connectivity index is 1.53. The topological polar surface area (TPSA) is 44.2 Å². The van der Waals surface area contributed by atoms with Gasteiger partial charge in [0, 0.05) is 3.57 Å². The van der Waals surface area contributed by atoms with Crippen molar-refractivity contribution in [2.75, 3.05) is 0 Å². The SMILES string of the molecule is Ic1ccc(CCc2ncnc(OCc3ccccc3)c2OCc2ccccc2)cc1. The number of rotatable bonds is 9. The number of aromatic nitrogens is 2. The minimum Gasteiger partial charge on any atom is -0.482 e. The van der Waals surface area contributed by atoms with E-state index in [1.54, 1.807) is 6.33 Å². The van der Waals surface area contributed by atoms with Crippen molar-refractivity contribution in [2.24, 2.45) is 0 Å². The van der Waals surface area contributed by atoms with Gasteiger partial charge in [-0.3, -0.25) is 0 Å². The lowest BCUT2D eigenvalue weighted by Gasteiger charge is -2.15. The number of benzene rings is 3. The highest BCUT2D eigenvalue weighted by molar-refractivity contribution is 14.1. The van der Waals surface area contributed by atoms with E-state index in [4.69, 9.17) is 9.47 Å². The smallest absolute Gasteiger partial charge is 0.260 e. The molecule has 31 heavy (non-hydrogen) atoms. The second-order valence-corrected chi connectivity index (χ2v) is 8.38. The summed E-state index contributed by atoms with van der Waals surface area (Å²) in [5.74, 6) is 1.10. The van der Waals surface area contributed by atoms with Gasteiger partial charge in [0.05, 0.1) is 5.69 Å². The summed E-state index contributed by atoms with van der Waals surface area (Å²) >= 11 is 2.32. The molecular weight excluding hydrogens is 499 g/mol. The summed E-state index contributed by atoms with van der Waals surface area (Å²) < 4.78 is 13.5. The molecule has 0 bridgehead atoms. The van der Waals surface area contributed by atoms with Crippen molar-refractivity contribution in [3.05, 3.63) is 117 Å². The third-order valence-electron chi connectivity index (χ3n) is 4.85. The van der Waals surface area contributed by atoms with Crippen LogP contribution in [0.2, 0.25) is 0 Å². The van der Waals surface area contributed by atoms with Gasteiger partial charge in [0.15, 0.2) is 0 Å². The Morgan fingerprint density at radius 3 is 1.87 bits per heavy atom. The molecule has 4 nitrogen and oxygen atoms in total. The van der Waals surface area contributed by atoms with Gasteiger partial charge < -0.3 is 9.47 Å². The number of nitrogens with zero attached hydrogens (tertiary/aromatic N) is 2. The Kier molecular flexibility index (Phi) is 7.50. The van der Waals surface area contributed by atoms with Crippen molar-refractivity contribution in [3.63, 3.8) is 0 Å². The lowest BCUT2D eigenvalue weighted by molar-refractivity contribution is 0.243. The molecule has 0 saturated heterocycles. The molecule has 0 aliphatic heterocycles. The van der Waals surface area contributed by atoms with Crippen molar-refractivity contribution in [1.29, 1.82) is 0 Å².